The number of fused-ring (bicyclic) bond motifs is 2. The van der Waals surface area contributed by atoms with Crippen molar-refractivity contribution in [2.24, 2.45) is 4.99 Å². The Labute approximate surface area is 232 Å². The molecule has 3 aromatic rings. The number of aromatic nitrogens is 1. The van der Waals surface area contributed by atoms with E-state index in [1.54, 1.807) is 36.8 Å². The van der Waals surface area contributed by atoms with Gasteiger partial charge in [-0.1, -0.05) is 22.9 Å². The number of sulfone groups is 1. The highest BCUT2D eigenvalue weighted by atomic mass is 35.5. The van der Waals surface area contributed by atoms with Gasteiger partial charge in [-0.2, -0.15) is 4.99 Å². The molecule has 0 atom stereocenters. The number of amides is 2. The van der Waals surface area contributed by atoms with Crippen LogP contribution in [0.2, 0.25) is 5.02 Å². The van der Waals surface area contributed by atoms with Crippen LogP contribution < -0.4 is 10.1 Å². The van der Waals surface area contributed by atoms with Gasteiger partial charge in [0.25, 0.3) is 5.91 Å². The molecule has 0 aliphatic heterocycles. The highest BCUT2D eigenvalue weighted by molar-refractivity contribution is 7.92. The van der Waals surface area contributed by atoms with E-state index >= 15 is 0 Å². The van der Waals surface area contributed by atoms with Crippen LogP contribution in [0.15, 0.2) is 23.2 Å². The zero-order chi connectivity index (χ0) is 27.4. The number of hydrogen-bond acceptors (Lipinski definition) is 9. The molecule has 0 saturated carbocycles. The maximum absolute atomic E-state index is 12.7. The number of thiazole rings is 1. The Morgan fingerprint density at radius 3 is 2.71 bits per heavy atom. The number of methoxy groups -OCH3 is 1. The topological polar surface area (TPSA) is 133 Å². The summed E-state index contributed by atoms with van der Waals surface area (Å²) in [4.78, 5) is 43.1. The molecule has 0 unspecified atom stereocenters. The van der Waals surface area contributed by atoms with Crippen LogP contribution in [0.25, 0.3) is 10.2 Å². The smallest absolute Gasteiger partial charge is 0.341 e. The minimum atomic E-state index is -4.14. The number of nitrogens with one attached hydrogen (secondary N) is 1. The van der Waals surface area contributed by atoms with Gasteiger partial charge < -0.3 is 19.4 Å². The second-order valence-corrected chi connectivity index (χ2v) is 13.1. The van der Waals surface area contributed by atoms with Gasteiger partial charge in [-0.25, -0.2) is 13.2 Å². The second-order valence-electron chi connectivity index (χ2n) is 8.51. The van der Waals surface area contributed by atoms with Crippen molar-refractivity contribution in [2.75, 3.05) is 37.1 Å². The van der Waals surface area contributed by atoms with Crippen molar-refractivity contribution in [1.29, 1.82) is 0 Å². The van der Waals surface area contributed by atoms with E-state index in [4.69, 9.17) is 21.1 Å². The van der Waals surface area contributed by atoms with Crippen LogP contribution in [0.3, 0.4) is 0 Å². The van der Waals surface area contributed by atoms with E-state index in [1.165, 1.54) is 22.7 Å². The first-order chi connectivity index (χ1) is 18.1. The Hall–Kier alpha value is -2.58. The zero-order valence-electron chi connectivity index (χ0n) is 20.7. The highest BCUT2D eigenvalue weighted by Crippen LogP contribution is 2.39. The van der Waals surface area contributed by atoms with Gasteiger partial charge in [0, 0.05) is 23.6 Å². The summed E-state index contributed by atoms with van der Waals surface area (Å²) in [7, 11) is -2.60. The number of carbonyl (C=O) groups is 3. The summed E-state index contributed by atoms with van der Waals surface area (Å²) < 4.78 is 38.2. The van der Waals surface area contributed by atoms with Gasteiger partial charge in [-0.15, -0.1) is 11.3 Å². The fraction of sp³-hybridized carbons (Fsp3) is 0.417. The number of benzene rings is 1. The van der Waals surface area contributed by atoms with E-state index in [0.29, 0.717) is 29.4 Å². The average molecular weight is 600 g/mol. The molecule has 0 saturated heterocycles. The van der Waals surface area contributed by atoms with Crippen LogP contribution in [-0.2, 0) is 48.3 Å². The molecule has 0 radical (unpaired) electrons. The molecule has 0 bridgehead atoms. The van der Waals surface area contributed by atoms with Crippen LogP contribution in [0.5, 0.6) is 0 Å². The summed E-state index contributed by atoms with van der Waals surface area (Å²) >= 11 is 8.53. The summed E-state index contributed by atoms with van der Waals surface area (Å²) in [5.41, 5.74) is 1.91. The number of thiophene rings is 1. The summed E-state index contributed by atoms with van der Waals surface area (Å²) in [6.07, 6.45) is 2.38. The molecule has 0 fully saturated rings. The minimum absolute atomic E-state index is 0.176. The molecule has 204 valence electrons. The Kier molecular flexibility index (Phi) is 9.04. The summed E-state index contributed by atoms with van der Waals surface area (Å²) in [6.45, 7) is 2.61. The Bertz CT molecular complexity index is 1570. The van der Waals surface area contributed by atoms with Crippen molar-refractivity contribution in [3.63, 3.8) is 0 Å². The van der Waals surface area contributed by atoms with Gasteiger partial charge in [0.05, 0.1) is 29.0 Å². The molecule has 1 aliphatic carbocycles. The number of nitrogens with zero attached hydrogens (tertiary/aromatic N) is 2. The summed E-state index contributed by atoms with van der Waals surface area (Å²) in [6, 6.07) is 5.24. The third kappa shape index (κ3) is 6.52. The van der Waals surface area contributed by atoms with Crippen molar-refractivity contribution < 1.29 is 32.3 Å². The summed E-state index contributed by atoms with van der Waals surface area (Å²) in [5.74, 6) is -4.15. The molecule has 14 heteroatoms. The number of ether oxygens (including phenoxy) is 2. The number of anilines is 1. The molecule has 2 heterocycles. The fourth-order valence-electron chi connectivity index (χ4n) is 4.18. The lowest BCUT2D eigenvalue weighted by molar-refractivity contribution is -0.115. The van der Waals surface area contributed by atoms with Crippen molar-refractivity contribution in [3.8, 4) is 0 Å². The van der Waals surface area contributed by atoms with Crippen LogP contribution in [0.4, 0.5) is 5.00 Å². The first-order valence-electron chi connectivity index (χ1n) is 11.8. The van der Waals surface area contributed by atoms with Gasteiger partial charge in [-0.3, -0.25) is 9.59 Å². The Balaban J connectivity index is 1.50. The maximum atomic E-state index is 12.7. The predicted molar refractivity (Wildman–Crippen MR) is 147 cm³/mol. The first kappa shape index (κ1) is 28.4. The highest BCUT2D eigenvalue weighted by Gasteiger charge is 2.29. The fourth-order valence-corrected chi connectivity index (χ4v) is 7.84. The van der Waals surface area contributed by atoms with Gasteiger partial charge in [-0.05, 0) is 49.9 Å². The zero-order valence-corrected chi connectivity index (χ0v) is 23.9. The van der Waals surface area contributed by atoms with E-state index in [9.17, 15) is 22.8 Å². The third-order valence-electron chi connectivity index (χ3n) is 5.73. The lowest BCUT2D eigenvalue weighted by Gasteiger charge is -2.08. The Morgan fingerprint density at radius 2 is 1.97 bits per heavy atom. The molecular formula is C24H26ClN3O7S3. The van der Waals surface area contributed by atoms with E-state index in [0.717, 1.165) is 33.5 Å². The van der Waals surface area contributed by atoms with Crippen molar-refractivity contribution in [2.45, 2.75) is 32.7 Å². The lowest BCUT2D eigenvalue weighted by Crippen LogP contribution is -2.28. The molecule has 1 N–H and O–H groups in total. The van der Waals surface area contributed by atoms with Crippen LogP contribution in [0.1, 0.15) is 34.1 Å². The summed E-state index contributed by atoms with van der Waals surface area (Å²) in [5, 5.41) is 3.33. The van der Waals surface area contributed by atoms with Gasteiger partial charge in [0.1, 0.15) is 16.5 Å². The number of halogens is 1. The first-order valence-corrected chi connectivity index (χ1v) is 15.6. The SMILES string of the molecule is CCOC(=O)c1c(NC(=O)CS(=O)(=O)CC(=O)N=c2sc3cc(Cl)ccc3n2CCOC)sc2c1CCC2. The van der Waals surface area contributed by atoms with E-state index < -0.39 is 39.1 Å². The molecule has 0 spiro atoms. The predicted octanol–water partition coefficient (Wildman–Crippen LogP) is 3.21. The third-order valence-corrected chi connectivity index (χ3v) is 9.60. The van der Waals surface area contributed by atoms with E-state index in [1.807, 2.05) is 0 Å². The van der Waals surface area contributed by atoms with Crippen molar-refractivity contribution in [1.82, 2.24) is 4.57 Å². The number of aryl methyl sites for hydroxylation is 1. The molecule has 2 aromatic heterocycles. The molecule has 2 amide bonds. The minimum Gasteiger partial charge on any atom is -0.462 e. The quantitative estimate of drug-likeness (QED) is 0.354. The monoisotopic (exact) mass is 599 g/mol. The molecule has 1 aliphatic rings. The molecule has 38 heavy (non-hydrogen) atoms. The number of esters is 1. The second kappa shape index (κ2) is 12.1. The van der Waals surface area contributed by atoms with E-state index in [-0.39, 0.29) is 17.2 Å². The molecule has 4 rings (SSSR count). The van der Waals surface area contributed by atoms with Crippen molar-refractivity contribution in [3.05, 3.63) is 44.0 Å². The number of carbonyl (C=O) groups excluding carboxylic acids is 3. The van der Waals surface area contributed by atoms with E-state index in [2.05, 4.69) is 10.3 Å². The van der Waals surface area contributed by atoms with Gasteiger partial charge in [0.15, 0.2) is 14.6 Å². The molecule has 10 nitrogen and oxygen atoms in total. The number of hydrogen-bond donors (Lipinski definition) is 1. The van der Waals surface area contributed by atoms with Crippen LogP contribution in [0, 0.1) is 0 Å². The van der Waals surface area contributed by atoms with Crippen LogP contribution >= 0.6 is 34.3 Å². The standard InChI is InChI=1S/C24H26ClN3O7S3/c1-3-35-23(31)21-15-5-4-6-17(15)36-22(21)26-19(29)12-38(32,33)13-20(30)27-24-28(9-10-34-2)16-8-7-14(25)11-18(16)37-24/h7-8,11H,3-6,9-10,12-13H2,1-2H3,(H,26,29). The molecule has 1 aromatic carbocycles. The van der Waals surface area contributed by atoms with Crippen LogP contribution in [-0.4, -0.2) is 62.6 Å². The lowest BCUT2D eigenvalue weighted by atomic mass is 10.1. The van der Waals surface area contributed by atoms with Gasteiger partial charge in [0.2, 0.25) is 5.91 Å². The maximum Gasteiger partial charge on any atom is 0.341 e. The van der Waals surface area contributed by atoms with Crippen molar-refractivity contribution >= 4 is 77.1 Å². The number of rotatable bonds is 10. The average Bonchev–Trinajstić information content (AvgIpc) is 3.49. The largest absolute Gasteiger partial charge is 0.462 e. The van der Waals surface area contributed by atoms with Gasteiger partial charge >= 0.3 is 5.97 Å². The Morgan fingerprint density at radius 1 is 1.18 bits per heavy atom. The normalized spacial score (nSPS) is 13.6. The molecular weight excluding hydrogens is 574 g/mol.